The van der Waals surface area contributed by atoms with Crippen LogP contribution < -0.4 is 15.2 Å². The van der Waals surface area contributed by atoms with E-state index in [0.29, 0.717) is 6.54 Å². The fourth-order valence-electron chi connectivity index (χ4n) is 2.55. The minimum atomic E-state index is 0.465. The SMILES string of the molecule is COc1ccc(-c2cccc3c2OCC3)cc1CN. The fraction of sp³-hybridized carbons (Fsp3) is 0.250. The molecule has 19 heavy (non-hydrogen) atoms. The predicted octanol–water partition coefficient (Wildman–Crippen LogP) is 2.76. The molecule has 1 aliphatic heterocycles. The number of benzene rings is 2. The summed E-state index contributed by atoms with van der Waals surface area (Å²) >= 11 is 0. The molecule has 3 rings (SSSR count). The summed E-state index contributed by atoms with van der Waals surface area (Å²) in [7, 11) is 1.66. The summed E-state index contributed by atoms with van der Waals surface area (Å²) in [4.78, 5) is 0. The summed E-state index contributed by atoms with van der Waals surface area (Å²) in [6.45, 7) is 1.24. The van der Waals surface area contributed by atoms with E-state index in [2.05, 4.69) is 30.3 Å². The zero-order valence-electron chi connectivity index (χ0n) is 11.0. The highest BCUT2D eigenvalue weighted by molar-refractivity contribution is 5.74. The first-order chi connectivity index (χ1) is 9.33. The van der Waals surface area contributed by atoms with E-state index in [-0.39, 0.29) is 0 Å². The lowest BCUT2D eigenvalue weighted by Gasteiger charge is -2.12. The zero-order chi connectivity index (χ0) is 13.2. The number of nitrogens with two attached hydrogens (primary N) is 1. The number of ether oxygens (including phenoxy) is 2. The summed E-state index contributed by atoms with van der Waals surface area (Å²) in [6.07, 6.45) is 0.989. The van der Waals surface area contributed by atoms with Gasteiger partial charge in [-0.05, 0) is 23.3 Å². The standard InChI is InChI=1S/C16H17NO2/c1-18-15-6-5-12(9-13(15)10-17)14-4-2-3-11-7-8-19-16(11)14/h2-6,9H,7-8,10,17H2,1H3. The minimum absolute atomic E-state index is 0.465. The molecule has 0 amide bonds. The third kappa shape index (κ3) is 2.06. The minimum Gasteiger partial charge on any atom is -0.496 e. The first-order valence-electron chi connectivity index (χ1n) is 6.45. The Morgan fingerprint density at radius 1 is 1.26 bits per heavy atom. The van der Waals surface area contributed by atoms with E-state index in [4.69, 9.17) is 15.2 Å². The van der Waals surface area contributed by atoms with Crippen molar-refractivity contribution >= 4 is 0 Å². The van der Waals surface area contributed by atoms with Crippen molar-refractivity contribution in [3.8, 4) is 22.6 Å². The number of fused-ring (bicyclic) bond motifs is 1. The van der Waals surface area contributed by atoms with Gasteiger partial charge in [-0.2, -0.15) is 0 Å². The van der Waals surface area contributed by atoms with Crippen LogP contribution in [0.4, 0.5) is 0 Å². The third-order valence-corrected chi connectivity index (χ3v) is 3.53. The Morgan fingerprint density at radius 3 is 2.95 bits per heavy atom. The molecule has 0 saturated carbocycles. The average Bonchev–Trinajstić information content (AvgIpc) is 2.94. The Balaban J connectivity index is 2.10. The van der Waals surface area contributed by atoms with Gasteiger partial charge in [0.15, 0.2) is 0 Å². The monoisotopic (exact) mass is 255 g/mol. The van der Waals surface area contributed by atoms with E-state index in [1.165, 1.54) is 5.56 Å². The van der Waals surface area contributed by atoms with E-state index in [9.17, 15) is 0 Å². The van der Waals surface area contributed by atoms with Crippen LogP contribution in [0.15, 0.2) is 36.4 Å². The van der Waals surface area contributed by atoms with Gasteiger partial charge in [0.05, 0.1) is 13.7 Å². The summed E-state index contributed by atoms with van der Waals surface area (Å²) in [5, 5.41) is 0. The first kappa shape index (κ1) is 12.1. The van der Waals surface area contributed by atoms with Crippen LogP contribution >= 0.6 is 0 Å². The fourth-order valence-corrected chi connectivity index (χ4v) is 2.55. The Hall–Kier alpha value is -2.00. The van der Waals surface area contributed by atoms with Crippen molar-refractivity contribution in [1.82, 2.24) is 0 Å². The van der Waals surface area contributed by atoms with Crippen molar-refractivity contribution in [2.75, 3.05) is 13.7 Å². The molecule has 0 saturated heterocycles. The predicted molar refractivity (Wildman–Crippen MR) is 75.5 cm³/mol. The van der Waals surface area contributed by atoms with E-state index in [0.717, 1.165) is 41.2 Å². The Labute approximate surface area is 113 Å². The van der Waals surface area contributed by atoms with Crippen molar-refractivity contribution in [2.45, 2.75) is 13.0 Å². The normalized spacial score (nSPS) is 12.9. The highest BCUT2D eigenvalue weighted by atomic mass is 16.5. The molecule has 0 unspecified atom stereocenters. The third-order valence-electron chi connectivity index (χ3n) is 3.53. The topological polar surface area (TPSA) is 44.5 Å². The van der Waals surface area contributed by atoms with Gasteiger partial charge in [-0.3, -0.25) is 0 Å². The van der Waals surface area contributed by atoms with Crippen LogP contribution in [-0.2, 0) is 13.0 Å². The van der Waals surface area contributed by atoms with Gasteiger partial charge in [0, 0.05) is 24.1 Å². The molecule has 0 radical (unpaired) electrons. The summed E-state index contributed by atoms with van der Waals surface area (Å²) < 4.78 is 11.1. The highest BCUT2D eigenvalue weighted by Crippen LogP contribution is 2.38. The van der Waals surface area contributed by atoms with E-state index >= 15 is 0 Å². The van der Waals surface area contributed by atoms with Crippen LogP contribution in [0.3, 0.4) is 0 Å². The molecule has 0 aliphatic carbocycles. The van der Waals surface area contributed by atoms with Gasteiger partial charge in [0.2, 0.25) is 0 Å². The van der Waals surface area contributed by atoms with Gasteiger partial charge < -0.3 is 15.2 Å². The Kier molecular flexibility index (Phi) is 3.13. The lowest BCUT2D eigenvalue weighted by Crippen LogP contribution is -2.00. The second-order valence-electron chi connectivity index (χ2n) is 4.62. The molecule has 2 aromatic rings. The lowest BCUT2D eigenvalue weighted by molar-refractivity contribution is 0.358. The molecule has 2 aromatic carbocycles. The molecule has 1 aliphatic rings. The summed E-state index contributed by atoms with van der Waals surface area (Å²) in [6, 6.07) is 12.4. The molecule has 0 fully saturated rings. The second kappa shape index (κ2) is 4.94. The molecular formula is C16H17NO2. The molecule has 2 N–H and O–H groups in total. The Bertz CT molecular complexity index is 608. The van der Waals surface area contributed by atoms with Gasteiger partial charge in [-0.1, -0.05) is 24.3 Å². The lowest BCUT2D eigenvalue weighted by atomic mass is 9.99. The zero-order valence-corrected chi connectivity index (χ0v) is 11.0. The molecule has 0 aromatic heterocycles. The maximum atomic E-state index is 5.77. The van der Waals surface area contributed by atoms with Crippen molar-refractivity contribution in [3.05, 3.63) is 47.5 Å². The number of hydrogen-bond acceptors (Lipinski definition) is 3. The summed E-state index contributed by atoms with van der Waals surface area (Å²) in [5.41, 5.74) is 10.3. The number of hydrogen-bond donors (Lipinski definition) is 1. The van der Waals surface area contributed by atoms with Gasteiger partial charge >= 0.3 is 0 Å². The van der Waals surface area contributed by atoms with Crippen molar-refractivity contribution in [3.63, 3.8) is 0 Å². The maximum Gasteiger partial charge on any atom is 0.130 e. The molecule has 0 spiro atoms. The quantitative estimate of drug-likeness (QED) is 0.917. The Morgan fingerprint density at radius 2 is 2.16 bits per heavy atom. The molecule has 0 atom stereocenters. The van der Waals surface area contributed by atoms with Crippen LogP contribution in [0, 0.1) is 0 Å². The first-order valence-corrected chi connectivity index (χ1v) is 6.45. The number of para-hydroxylation sites is 1. The van der Waals surface area contributed by atoms with E-state index in [1.54, 1.807) is 7.11 Å². The molecule has 1 heterocycles. The van der Waals surface area contributed by atoms with Gasteiger partial charge in [-0.15, -0.1) is 0 Å². The summed E-state index contributed by atoms with van der Waals surface area (Å²) in [5.74, 6) is 1.84. The van der Waals surface area contributed by atoms with Crippen molar-refractivity contribution < 1.29 is 9.47 Å². The van der Waals surface area contributed by atoms with Crippen molar-refractivity contribution in [1.29, 1.82) is 0 Å². The number of methoxy groups -OCH3 is 1. The van der Waals surface area contributed by atoms with Crippen LogP contribution in [0.2, 0.25) is 0 Å². The van der Waals surface area contributed by atoms with E-state index in [1.807, 2.05) is 6.07 Å². The largest absolute Gasteiger partial charge is 0.496 e. The maximum absolute atomic E-state index is 5.77. The van der Waals surface area contributed by atoms with Gasteiger partial charge in [0.25, 0.3) is 0 Å². The molecule has 3 heteroatoms. The van der Waals surface area contributed by atoms with Gasteiger partial charge in [-0.25, -0.2) is 0 Å². The average molecular weight is 255 g/mol. The van der Waals surface area contributed by atoms with Crippen LogP contribution in [-0.4, -0.2) is 13.7 Å². The molecule has 3 nitrogen and oxygen atoms in total. The van der Waals surface area contributed by atoms with Gasteiger partial charge in [0.1, 0.15) is 11.5 Å². The van der Waals surface area contributed by atoms with Crippen LogP contribution in [0.5, 0.6) is 11.5 Å². The van der Waals surface area contributed by atoms with E-state index < -0.39 is 0 Å². The molecular weight excluding hydrogens is 238 g/mol. The number of rotatable bonds is 3. The molecule has 98 valence electrons. The second-order valence-corrected chi connectivity index (χ2v) is 4.62. The van der Waals surface area contributed by atoms with Crippen LogP contribution in [0.25, 0.3) is 11.1 Å². The van der Waals surface area contributed by atoms with Crippen molar-refractivity contribution in [2.24, 2.45) is 5.73 Å². The smallest absolute Gasteiger partial charge is 0.130 e. The van der Waals surface area contributed by atoms with Crippen LogP contribution in [0.1, 0.15) is 11.1 Å². The molecule has 0 bridgehead atoms. The highest BCUT2D eigenvalue weighted by Gasteiger charge is 2.17.